The van der Waals surface area contributed by atoms with Gasteiger partial charge < -0.3 is 24.4 Å². The molecule has 2 N–H and O–H groups in total. The molecule has 3 aliphatic heterocycles. The fourth-order valence-electron chi connectivity index (χ4n) is 8.08. The molecular formula is C20H26O7. The number of aliphatic hydroxyl groups excluding tert-OH is 1. The van der Waals surface area contributed by atoms with Crippen molar-refractivity contribution >= 4 is 11.8 Å². The second-order valence-corrected chi connectivity index (χ2v) is 10.5. The molecule has 6 fully saturated rings. The van der Waals surface area contributed by atoms with Crippen LogP contribution in [0.15, 0.2) is 0 Å². The number of hydrogen-bond donors (Lipinski definition) is 2. The molecule has 2 spiro atoms. The molecule has 3 heterocycles. The van der Waals surface area contributed by atoms with Gasteiger partial charge in [-0.25, -0.2) is 0 Å². The highest BCUT2D eigenvalue weighted by Crippen LogP contribution is 2.74. The predicted molar refractivity (Wildman–Crippen MR) is 89.1 cm³/mol. The van der Waals surface area contributed by atoms with Crippen molar-refractivity contribution < 1.29 is 34.0 Å². The smallest absolute Gasteiger partial charge is 0.320 e. The monoisotopic (exact) mass is 378 g/mol. The van der Waals surface area contributed by atoms with Crippen LogP contribution in [0.1, 0.15) is 40.0 Å². The number of ether oxygens (including phenoxy) is 3. The summed E-state index contributed by atoms with van der Waals surface area (Å²) >= 11 is 0. The first kappa shape index (κ1) is 16.9. The summed E-state index contributed by atoms with van der Waals surface area (Å²) in [5, 5.41) is 22.1. The zero-order valence-corrected chi connectivity index (χ0v) is 15.8. The molecule has 4 bridgehead atoms. The molecular weight excluding hydrogens is 352 g/mol. The number of rotatable bonds is 0. The van der Waals surface area contributed by atoms with Crippen LogP contribution < -0.4 is 0 Å². The number of hydrogen-bond acceptors (Lipinski definition) is 7. The van der Waals surface area contributed by atoms with Gasteiger partial charge in [0, 0.05) is 23.7 Å². The van der Waals surface area contributed by atoms with Crippen molar-refractivity contribution in [3.05, 3.63) is 0 Å². The molecule has 10 atom stereocenters. The molecule has 3 aliphatic carbocycles. The summed E-state index contributed by atoms with van der Waals surface area (Å²) in [6.45, 7) is 6.07. The summed E-state index contributed by atoms with van der Waals surface area (Å²) in [5.41, 5.74) is -3.96. The molecule has 148 valence electrons. The molecule has 0 aromatic rings. The van der Waals surface area contributed by atoms with Crippen LogP contribution in [0.4, 0.5) is 0 Å². The predicted octanol–water partition coefficient (Wildman–Crippen LogP) is 0.407. The van der Waals surface area contributed by atoms with Gasteiger partial charge in [0.2, 0.25) is 0 Å². The first-order chi connectivity index (χ1) is 12.6. The Morgan fingerprint density at radius 1 is 1.07 bits per heavy atom. The molecule has 6 aliphatic rings. The SMILES string of the molecule is CC1(C)[C@H]2[C@H]3OC[C@@]24[C@H](C[C@H]1O3)OC(=O)[C@@]12C[C@@H](C[C@H](O)[C@H]14)[C@](C)(O)C2=O. The van der Waals surface area contributed by atoms with E-state index in [1.807, 2.05) is 0 Å². The first-order valence-corrected chi connectivity index (χ1v) is 10.0. The largest absolute Gasteiger partial charge is 0.461 e. The Balaban J connectivity index is 1.60. The third-order valence-corrected chi connectivity index (χ3v) is 9.17. The van der Waals surface area contributed by atoms with Crippen LogP contribution in [-0.2, 0) is 23.8 Å². The maximum atomic E-state index is 13.4. The van der Waals surface area contributed by atoms with Crippen molar-refractivity contribution in [2.75, 3.05) is 6.61 Å². The van der Waals surface area contributed by atoms with Crippen LogP contribution in [0.5, 0.6) is 0 Å². The quantitative estimate of drug-likeness (QED) is 0.465. The molecule has 0 radical (unpaired) electrons. The van der Waals surface area contributed by atoms with E-state index in [0.29, 0.717) is 19.4 Å². The third-order valence-electron chi connectivity index (χ3n) is 9.17. The van der Waals surface area contributed by atoms with Gasteiger partial charge in [-0.05, 0) is 31.1 Å². The van der Waals surface area contributed by atoms with Gasteiger partial charge in [-0.15, -0.1) is 0 Å². The standard InChI is InChI=1S/C20H26O7/c1-17(2)10-5-11-20(7-25-14(26-10)13(17)20)12-9(21)4-8-6-19(12,16(23)27-11)15(22)18(8,3)24/h8-14,21,24H,4-7H2,1-3H3/t8-,9+,10-,11+,12-,13-,14+,18+,19+,20+/m1/s1. The summed E-state index contributed by atoms with van der Waals surface area (Å²) in [6, 6.07) is 0. The van der Waals surface area contributed by atoms with Crippen LogP contribution in [0.3, 0.4) is 0 Å². The summed E-state index contributed by atoms with van der Waals surface area (Å²) in [4.78, 5) is 26.6. The lowest BCUT2D eigenvalue weighted by atomic mass is 9.43. The molecule has 0 unspecified atom stereocenters. The molecule has 7 nitrogen and oxygen atoms in total. The molecule has 0 aromatic heterocycles. The van der Waals surface area contributed by atoms with Crippen molar-refractivity contribution in [1.29, 1.82) is 0 Å². The second-order valence-electron chi connectivity index (χ2n) is 10.5. The minimum absolute atomic E-state index is 0.0618. The van der Waals surface area contributed by atoms with Gasteiger partial charge in [0.1, 0.15) is 17.1 Å². The van der Waals surface area contributed by atoms with Crippen LogP contribution in [-0.4, -0.2) is 58.8 Å². The number of carbonyl (C=O) groups is 2. The van der Waals surface area contributed by atoms with E-state index in [2.05, 4.69) is 13.8 Å². The van der Waals surface area contributed by atoms with E-state index >= 15 is 0 Å². The van der Waals surface area contributed by atoms with Crippen LogP contribution in [0.2, 0.25) is 0 Å². The number of aliphatic hydroxyl groups is 2. The third kappa shape index (κ3) is 1.49. The van der Waals surface area contributed by atoms with Crippen LogP contribution >= 0.6 is 0 Å². The summed E-state index contributed by atoms with van der Waals surface area (Å²) in [6.07, 6.45) is -0.643. The van der Waals surface area contributed by atoms with E-state index in [4.69, 9.17) is 14.2 Å². The zero-order valence-electron chi connectivity index (χ0n) is 15.8. The minimum atomic E-state index is -1.62. The van der Waals surface area contributed by atoms with Crippen molar-refractivity contribution in [2.24, 2.45) is 34.0 Å². The first-order valence-electron chi connectivity index (χ1n) is 10.0. The van der Waals surface area contributed by atoms with E-state index in [1.165, 1.54) is 6.92 Å². The lowest BCUT2D eigenvalue weighted by Crippen LogP contribution is -2.71. The highest BCUT2D eigenvalue weighted by molar-refractivity contribution is 6.11. The highest BCUT2D eigenvalue weighted by atomic mass is 16.7. The van der Waals surface area contributed by atoms with E-state index in [-0.39, 0.29) is 23.9 Å². The average molecular weight is 378 g/mol. The molecule has 3 saturated carbocycles. The maximum absolute atomic E-state index is 13.4. The average Bonchev–Trinajstić information content (AvgIpc) is 3.07. The van der Waals surface area contributed by atoms with Crippen molar-refractivity contribution in [2.45, 2.75) is 70.2 Å². The van der Waals surface area contributed by atoms with Crippen molar-refractivity contribution in [3.8, 4) is 0 Å². The second kappa shape index (κ2) is 4.42. The Bertz CT molecular complexity index is 774. The van der Waals surface area contributed by atoms with Gasteiger partial charge in [-0.1, -0.05) is 13.8 Å². The Morgan fingerprint density at radius 2 is 1.81 bits per heavy atom. The number of carbonyl (C=O) groups excluding carboxylic acids is 2. The molecule has 0 amide bonds. The Labute approximate surface area is 157 Å². The Morgan fingerprint density at radius 3 is 2.56 bits per heavy atom. The van der Waals surface area contributed by atoms with Gasteiger partial charge >= 0.3 is 5.97 Å². The molecule has 7 heteroatoms. The highest BCUT2D eigenvalue weighted by Gasteiger charge is 2.83. The summed E-state index contributed by atoms with van der Waals surface area (Å²) in [7, 11) is 0. The van der Waals surface area contributed by atoms with E-state index in [0.717, 1.165) is 0 Å². The van der Waals surface area contributed by atoms with Gasteiger partial charge in [0.15, 0.2) is 12.1 Å². The number of fused-ring (bicyclic) bond motifs is 2. The lowest BCUT2D eigenvalue weighted by Gasteiger charge is -2.61. The van der Waals surface area contributed by atoms with Crippen molar-refractivity contribution in [3.63, 3.8) is 0 Å². The van der Waals surface area contributed by atoms with E-state index in [1.54, 1.807) is 0 Å². The van der Waals surface area contributed by atoms with Crippen LogP contribution in [0, 0.1) is 34.0 Å². The van der Waals surface area contributed by atoms with Crippen molar-refractivity contribution in [1.82, 2.24) is 0 Å². The summed E-state index contributed by atoms with van der Waals surface area (Å²) < 4.78 is 18.1. The Kier molecular flexibility index (Phi) is 2.77. The summed E-state index contributed by atoms with van der Waals surface area (Å²) in [5.74, 6) is -2.16. The molecule has 3 saturated heterocycles. The van der Waals surface area contributed by atoms with Crippen LogP contribution in [0.25, 0.3) is 0 Å². The fourth-order valence-corrected chi connectivity index (χ4v) is 8.08. The normalized spacial score (nSPS) is 62.2. The minimum Gasteiger partial charge on any atom is -0.461 e. The van der Waals surface area contributed by atoms with Gasteiger partial charge in [-0.2, -0.15) is 0 Å². The topological polar surface area (TPSA) is 102 Å². The number of ketones is 1. The number of esters is 1. The lowest BCUT2D eigenvalue weighted by molar-refractivity contribution is -0.252. The van der Waals surface area contributed by atoms with E-state index < -0.39 is 58.5 Å². The maximum Gasteiger partial charge on any atom is 0.320 e. The van der Waals surface area contributed by atoms with Gasteiger partial charge in [-0.3, -0.25) is 9.59 Å². The van der Waals surface area contributed by atoms with Gasteiger partial charge in [0.25, 0.3) is 0 Å². The fraction of sp³-hybridized carbons (Fsp3) is 0.900. The number of Topliss-reactive ketones (excluding diaryl/α,β-unsaturated/α-hetero) is 1. The molecule has 0 aromatic carbocycles. The Hall–Kier alpha value is -1.02. The van der Waals surface area contributed by atoms with E-state index in [9.17, 15) is 19.8 Å². The molecule has 27 heavy (non-hydrogen) atoms. The molecule has 6 rings (SSSR count). The van der Waals surface area contributed by atoms with Gasteiger partial charge in [0.05, 0.1) is 18.8 Å². The zero-order chi connectivity index (χ0) is 19.1.